The van der Waals surface area contributed by atoms with Gasteiger partial charge in [0.2, 0.25) is 0 Å². The molecule has 0 saturated carbocycles. The third-order valence-electron chi connectivity index (χ3n) is 1.76. The zero-order chi connectivity index (χ0) is 11.6. The Balaban J connectivity index is 2.91. The molecule has 15 heavy (non-hydrogen) atoms. The molecule has 0 aliphatic carbocycles. The lowest BCUT2D eigenvalue weighted by molar-refractivity contribution is -0.144. The van der Waals surface area contributed by atoms with Crippen LogP contribution in [0.2, 0.25) is 0 Å². The van der Waals surface area contributed by atoms with Crippen LogP contribution in [0.1, 0.15) is 17.8 Å². The highest BCUT2D eigenvalue weighted by atomic mass is 32.1. The van der Waals surface area contributed by atoms with Crippen LogP contribution in [0.5, 0.6) is 0 Å². The largest absolute Gasteiger partial charge is 0.433 e. The van der Waals surface area contributed by atoms with E-state index in [1.165, 1.54) is 6.92 Å². The van der Waals surface area contributed by atoms with Gasteiger partial charge in [-0.1, -0.05) is 12.2 Å². The average Bonchev–Trinajstić information content (AvgIpc) is 2.42. The Bertz CT molecular complexity index is 370. The number of hydrogen-bond donors (Lipinski definition) is 1. The van der Waals surface area contributed by atoms with E-state index in [9.17, 15) is 13.2 Å². The number of halogens is 3. The van der Waals surface area contributed by atoms with Crippen LogP contribution in [0.3, 0.4) is 0 Å². The van der Waals surface area contributed by atoms with Crippen LogP contribution in [-0.2, 0) is 12.7 Å². The fourth-order valence-corrected chi connectivity index (χ4v) is 1.25. The van der Waals surface area contributed by atoms with Crippen molar-refractivity contribution in [2.45, 2.75) is 26.1 Å². The minimum Gasteiger partial charge on any atom is -0.393 e. The third-order valence-corrected chi connectivity index (χ3v) is 1.97. The maximum Gasteiger partial charge on any atom is 0.433 e. The molecule has 0 bridgehead atoms. The molecule has 0 saturated heterocycles. The standard InChI is InChI=1S/C8H10F3N3S/c1-5-4-6(8(9,10)11)14(13-5)3-2-7(12)15/h4H,2-3H2,1H3,(H2,12,15). The Hall–Kier alpha value is -1.11. The van der Waals surface area contributed by atoms with Crippen LogP contribution in [0.4, 0.5) is 13.2 Å². The summed E-state index contributed by atoms with van der Waals surface area (Å²) in [5, 5.41) is 3.73. The summed E-state index contributed by atoms with van der Waals surface area (Å²) in [4.78, 5) is 0.177. The van der Waals surface area contributed by atoms with E-state index in [0.717, 1.165) is 10.7 Å². The Labute approximate surface area is 90.1 Å². The normalized spacial score (nSPS) is 11.7. The van der Waals surface area contributed by atoms with E-state index in [2.05, 4.69) is 17.3 Å². The molecule has 1 heterocycles. The monoisotopic (exact) mass is 237 g/mol. The first kappa shape index (κ1) is 12.0. The summed E-state index contributed by atoms with van der Waals surface area (Å²) in [5.41, 5.74) is 4.77. The van der Waals surface area contributed by atoms with Crippen LogP contribution in [0.25, 0.3) is 0 Å². The summed E-state index contributed by atoms with van der Waals surface area (Å²) in [6, 6.07) is 1.000. The molecule has 0 unspecified atom stereocenters. The Morgan fingerprint density at radius 2 is 2.20 bits per heavy atom. The van der Waals surface area contributed by atoms with E-state index in [1.807, 2.05) is 0 Å². The predicted octanol–water partition coefficient (Wildman–Crippen LogP) is 1.89. The van der Waals surface area contributed by atoms with Gasteiger partial charge in [-0.25, -0.2) is 0 Å². The highest BCUT2D eigenvalue weighted by Crippen LogP contribution is 2.29. The average molecular weight is 237 g/mol. The highest BCUT2D eigenvalue weighted by Gasteiger charge is 2.35. The minimum atomic E-state index is -4.39. The molecule has 0 aliphatic rings. The van der Waals surface area contributed by atoms with Crippen LogP contribution in [0.15, 0.2) is 6.07 Å². The second-order valence-electron chi connectivity index (χ2n) is 3.11. The molecule has 0 amide bonds. The SMILES string of the molecule is Cc1cc(C(F)(F)F)n(CCC(N)=S)n1. The first-order chi connectivity index (χ1) is 6.80. The summed E-state index contributed by atoms with van der Waals surface area (Å²) in [7, 11) is 0. The van der Waals surface area contributed by atoms with Gasteiger partial charge in [0, 0.05) is 13.0 Å². The number of aromatic nitrogens is 2. The first-order valence-corrected chi connectivity index (χ1v) is 4.61. The molecular formula is C8H10F3N3S. The van der Waals surface area contributed by atoms with Crippen molar-refractivity contribution < 1.29 is 13.2 Å². The van der Waals surface area contributed by atoms with Crippen LogP contribution >= 0.6 is 12.2 Å². The molecule has 0 spiro atoms. The molecule has 84 valence electrons. The van der Waals surface area contributed by atoms with E-state index in [-0.39, 0.29) is 18.0 Å². The summed E-state index contributed by atoms with van der Waals surface area (Å²) in [6.45, 7) is 1.56. The maximum atomic E-state index is 12.5. The van der Waals surface area contributed by atoms with E-state index in [0.29, 0.717) is 5.69 Å². The van der Waals surface area contributed by atoms with Crippen molar-refractivity contribution in [1.29, 1.82) is 0 Å². The lowest BCUT2D eigenvalue weighted by Gasteiger charge is -2.09. The second kappa shape index (κ2) is 4.18. The molecule has 3 nitrogen and oxygen atoms in total. The van der Waals surface area contributed by atoms with Gasteiger partial charge in [0.05, 0.1) is 10.7 Å². The molecule has 0 atom stereocenters. The maximum absolute atomic E-state index is 12.5. The van der Waals surface area contributed by atoms with E-state index >= 15 is 0 Å². The number of rotatable bonds is 3. The molecule has 0 fully saturated rings. The fourth-order valence-electron chi connectivity index (χ4n) is 1.16. The second-order valence-corrected chi connectivity index (χ2v) is 3.63. The van der Waals surface area contributed by atoms with Crippen molar-refractivity contribution in [1.82, 2.24) is 9.78 Å². The zero-order valence-corrected chi connectivity index (χ0v) is 8.82. The molecule has 0 aromatic carbocycles. The Kier molecular flexibility index (Phi) is 3.33. The zero-order valence-electron chi connectivity index (χ0n) is 8.01. The molecule has 1 aromatic heterocycles. The molecule has 1 aromatic rings. The number of hydrogen-bond acceptors (Lipinski definition) is 2. The van der Waals surface area contributed by atoms with Crippen molar-refractivity contribution in [2.24, 2.45) is 5.73 Å². The smallest absolute Gasteiger partial charge is 0.393 e. The third kappa shape index (κ3) is 3.19. The number of nitrogens with two attached hydrogens (primary N) is 1. The number of aryl methyl sites for hydroxylation is 2. The van der Waals surface area contributed by atoms with E-state index in [4.69, 9.17) is 5.73 Å². The lowest BCUT2D eigenvalue weighted by atomic mass is 10.3. The minimum absolute atomic E-state index is 0.0536. The quantitative estimate of drug-likeness (QED) is 0.816. The summed E-state index contributed by atoms with van der Waals surface area (Å²) < 4.78 is 38.3. The first-order valence-electron chi connectivity index (χ1n) is 4.20. The summed E-state index contributed by atoms with van der Waals surface area (Å²) in [6.07, 6.45) is -4.18. The Morgan fingerprint density at radius 3 is 2.67 bits per heavy atom. The highest BCUT2D eigenvalue weighted by molar-refractivity contribution is 7.80. The number of alkyl halides is 3. The molecule has 2 N–H and O–H groups in total. The van der Waals surface area contributed by atoms with Gasteiger partial charge in [-0.2, -0.15) is 18.3 Å². The number of thiocarbonyl (C=S) groups is 1. The van der Waals surface area contributed by atoms with Crippen LogP contribution in [0, 0.1) is 6.92 Å². The van der Waals surface area contributed by atoms with Gasteiger partial charge in [0.15, 0.2) is 0 Å². The molecule has 0 aliphatic heterocycles. The van der Waals surface area contributed by atoms with Gasteiger partial charge in [0.1, 0.15) is 5.69 Å². The summed E-state index contributed by atoms with van der Waals surface area (Å²) in [5.74, 6) is 0. The van der Waals surface area contributed by atoms with Crippen molar-refractivity contribution in [3.8, 4) is 0 Å². The van der Waals surface area contributed by atoms with E-state index in [1.54, 1.807) is 0 Å². The van der Waals surface area contributed by atoms with E-state index < -0.39 is 11.9 Å². The summed E-state index contributed by atoms with van der Waals surface area (Å²) >= 11 is 4.59. The fraction of sp³-hybridized carbons (Fsp3) is 0.500. The van der Waals surface area contributed by atoms with Crippen LogP contribution < -0.4 is 5.73 Å². The van der Waals surface area contributed by atoms with Crippen molar-refractivity contribution in [3.05, 3.63) is 17.5 Å². The van der Waals surface area contributed by atoms with Gasteiger partial charge in [-0.3, -0.25) is 4.68 Å². The molecule has 0 radical (unpaired) electrons. The predicted molar refractivity (Wildman–Crippen MR) is 53.4 cm³/mol. The lowest BCUT2D eigenvalue weighted by Crippen LogP contribution is -2.18. The van der Waals surface area contributed by atoms with Crippen molar-refractivity contribution in [3.63, 3.8) is 0 Å². The topological polar surface area (TPSA) is 43.8 Å². The molecular weight excluding hydrogens is 227 g/mol. The van der Waals surface area contributed by atoms with Gasteiger partial charge in [-0.15, -0.1) is 0 Å². The van der Waals surface area contributed by atoms with Gasteiger partial charge in [-0.05, 0) is 13.0 Å². The number of nitrogens with zero attached hydrogens (tertiary/aromatic N) is 2. The van der Waals surface area contributed by atoms with Gasteiger partial charge < -0.3 is 5.73 Å². The van der Waals surface area contributed by atoms with Gasteiger partial charge >= 0.3 is 6.18 Å². The molecule has 1 rings (SSSR count). The Morgan fingerprint density at radius 1 is 1.60 bits per heavy atom. The van der Waals surface area contributed by atoms with Crippen molar-refractivity contribution >= 4 is 17.2 Å². The van der Waals surface area contributed by atoms with Crippen LogP contribution in [-0.4, -0.2) is 14.8 Å². The van der Waals surface area contributed by atoms with Gasteiger partial charge in [0.25, 0.3) is 0 Å². The van der Waals surface area contributed by atoms with Crippen molar-refractivity contribution in [2.75, 3.05) is 0 Å². The molecule has 7 heteroatoms.